The number of carbonyl (C=O) groups is 2. The van der Waals surface area contributed by atoms with Crippen LogP contribution >= 0.6 is 23.1 Å². The summed E-state index contributed by atoms with van der Waals surface area (Å²) in [6.07, 6.45) is 0.206. The number of hydrogen-bond acceptors (Lipinski definition) is 5. The van der Waals surface area contributed by atoms with Crippen LogP contribution in [0.5, 0.6) is 0 Å². The standard InChI is InChI=1S/C17H14FN3O2S2/c18-12-6-2-1-5-11(12)16(23)21-20-15(22)9-10-24-17-19-13-7-3-4-8-14(13)25-17/h1-8H,9-10H2,(H,20,22)(H,21,23). The van der Waals surface area contributed by atoms with E-state index in [-0.39, 0.29) is 17.9 Å². The number of halogens is 1. The highest BCUT2D eigenvalue weighted by Crippen LogP contribution is 2.29. The monoisotopic (exact) mass is 375 g/mol. The first kappa shape index (κ1) is 17.4. The van der Waals surface area contributed by atoms with E-state index in [1.54, 1.807) is 17.4 Å². The number of aromatic nitrogens is 1. The number of nitrogens with one attached hydrogen (secondary N) is 2. The van der Waals surface area contributed by atoms with Gasteiger partial charge in [-0.2, -0.15) is 0 Å². The molecule has 0 aliphatic carbocycles. The summed E-state index contributed by atoms with van der Waals surface area (Å²) in [7, 11) is 0. The second-order valence-corrected chi connectivity index (χ2v) is 7.40. The van der Waals surface area contributed by atoms with Crippen LogP contribution in [0.25, 0.3) is 10.2 Å². The fourth-order valence-electron chi connectivity index (χ4n) is 2.05. The van der Waals surface area contributed by atoms with E-state index >= 15 is 0 Å². The van der Waals surface area contributed by atoms with Crippen LogP contribution in [-0.2, 0) is 4.79 Å². The Morgan fingerprint density at radius 2 is 1.84 bits per heavy atom. The summed E-state index contributed by atoms with van der Waals surface area (Å²) in [5.74, 6) is -1.15. The van der Waals surface area contributed by atoms with Gasteiger partial charge in [0.1, 0.15) is 5.82 Å². The van der Waals surface area contributed by atoms with E-state index < -0.39 is 11.7 Å². The number of benzene rings is 2. The minimum atomic E-state index is -0.690. The molecule has 0 fully saturated rings. The van der Waals surface area contributed by atoms with Crippen molar-refractivity contribution in [2.75, 3.05) is 5.75 Å². The summed E-state index contributed by atoms with van der Waals surface area (Å²) >= 11 is 3.06. The number of nitrogens with zero attached hydrogens (tertiary/aromatic N) is 1. The van der Waals surface area contributed by atoms with Crippen molar-refractivity contribution < 1.29 is 14.0 Å². The molecule has 0 bridgehead atoms. The molecule has 128 valence electrons. The van der Waals surface area contributed by atoms with Gasteiger partial charge in [-0.3, -0.25) is 20.4 Å². The number of fused-ring (bicyclic) bond motifs is 1. The molecule has 1 heterocycles. The normalized spacial score (nSPS) is 10.6. The van der Waals surface area contributed by atoms with Crippen LogP contribution < -0.4 is 10.9 Å². The van der Waals surface area contributed by atoms with Crippen molar-refractivity contribution in [2.24, 2.45) is 0 Å². The number of rotatable bonds is 5. The van der Waals surface area contributed by atoms with Crippen molar-refractivity contribution in [1.29, 1.82) is 0 Å². The molecule has 1 aromatic heterocycles. The summed E-state index contributed by atoms with van der Waals surface area (Å²) in [6.45, 7) is 0. The minimum absolute atomic E-state index is 0.119. The first-order chi connectivity index (χ1) is 12.1. The third kappa shape index (κ3) is 4.55. The fraction of sp³-hybridized carbons (Fsp3) is 0.118. The number of carbonyl (C=O) groups excluding carboxylic acids is 2. The van der Waals surface area contributed by atoms with Gasteiger partial charge in [-0.1, -0.05) is 36.0 Å². The maximum atomic E-state index is 13.5. The summed E-state index contributed by atoms with van der Waals surface area (Å²) in [5.41, 5.74) is 5.32. The van der Waals surface area contributed by atoms with Crippen LogP contribution in [0.2, 0.25) is 0 Å². The Morgan fingerprint density at radius 1 is 1.08 bits per heavy atom. The Kier molecular flexibility index (Phi) is 5.62. The van der Waals surface area contributed by atoms with Gasteiger partial charge in [-0.05, 0) is 24.3 Å². The van der Waals surface area contributed by atoms with Gasteiger partial charge in [0.05, 0.1) is 15.8 Å². The van der Waals surface area contributed by atoms with E-state index in [4.69, 9.17) is 0 Å². The fourth-order valence-corrected chi connectivity index (χ4v) is 4.12. The average Bonchev–Trinajstić information content (AvgIpc) is 3.03. The SMILES string of the molecule is O=C(CCSc1nc2ccccc2s1)NNC(=O)c1ccccc1F. The number of thiazole rings is 1. The molecule has 0 saturated carbocycles. The molecule has 5 nitrogen and oxygen atoms in total. The van der Waals surface area contributed by atoms with Gasteiger partial charge in [0.25, 0.3) is 5.91 Å². The van der Waals surface area contributed by atoms with E-state index in [2.05, 4.69) is 15.8 Å². The van der Waals surface area contributed by atoms with Crippen LogP contribution in [0, 0.1) is 5.82 Å². The minimum Gasteiger partial charge on any atom is -0.273 e. The molecule has 25 heavy (non-hydrogen) atoms. The number of thioether (sulfide) groups is 1. The van der Waals surface area contributed by atoms with Crippen molar-refractivity contribution in [3.63, 3.8) is 0 Å². The highest BCUT2D eigenvalue weighted by molar-refractivity contribution is 8.01. The molecule has 0 spiro atoms. The Balaban J connectivity index is 1.43. The van der Waals surface area contributed by atoms with Gasteiger partial charge < -0.3 is 0 Å². The topological polar surface area (TPSA) is 71.1 Å². The summed E-state index contributed by atoms with van der Waals surface area (Å²) in [4.78, 5) is 28.0. The van der Waals surface area contributed by atoms with Crippen LogP contribution in [0.3, 0.4) is 0 Å². The molecule has 0 saturated heterocycles. The molecule has 8 heteroatoms. The van der Waals surface area contributed by atoms with Gasteiger partial charge in [0.2, 0.25) is 5.91 Å². The number of hydrazine groups is 1. The van der Waals surface area contributed by atoms with E-state index in [1.807, 2.05) is 24.3 Å². The molecular weight excluding hydrogens is 361 g/mol. The molecule has 0 atom stereocenters. The molecule has 2 amide bonds. The maximum Gasteiger partial charge on any atom is 0.272 e. The van der Waals surface area contributed by atoms with Crippen LogP contribution in [0.4, 0.5) is 4.39 Å². The van der Waals surface area contributed by atoms with E-state index in [0.717, 1.165) is 14.6 Å². The van der Waals surface area contributed by atoms with Crippen molar-refractivity contribution in [3.05, 3.63) is 59.9 Å². The van der Waals surface area contributed by atoms with Crippen molar-refractivity contribution in [1.82, 2.24) is 15.8 Å². The lowest BCUT2D eigenvalue weighted by Crippen LogP contribution is -2.42. The third-order valence-corrected chi connectivity index (χ3v) is 5.44. The van der Waals surface area contributed by atoms with E-state index in [9.17, 15) is 14.0 Å². The molecule has 0 unspecified atom stereocenters. The largest absolute Gasteiger partial charge is 0.273 e. The molecule has 3 aromatic rings. The Hall–Kier alpha value is -2.45. The second-order valence-electron chi connectivity index (χ2n) is 5.03. The lowest BCUT2D eigenvalue weighted by Gasteiger charge is -2.07. The van der Waals surface area contributed by atoms with Gasteiger partial charge in [0.15, 0.2) is 4.34 Å². The lowest BCUT2D eigenvalue weighted by molar-refractivity contribution is -0.121. The zero-order chi connectivity index (χ0) is 17.6. The van der Waals surface area contributed by atoms with Gasteiger partial charge >= 0.3 is 0 Å². The Labute approximate surface area is 151 Å². The molecule has 2 N–H and O–H groups in total. The third-order valence-electron chi connectivity index (χ3n) is 3.26. The van der Waals surface area contributed by atoms with Crippen LogP contribution in [0.1, 0.15) is 16.8 Å². The van der Waals surface area contributed by atoms with E-state index in [1.165, 1.54) is 30.0 Å². The average molecular weight is 375 g/mol. The second kappa shape index (κ2) is 8.09. The van der Waals surface area contributed by atoms with Crippen molar-refractivity contribution >= 4 is 45.1 Å². The van der Waals surface area contributed by atoms with Crippen LogP contribution in [-0.4, -0.2) is 22.6 Å². The first-order valence-electron chi connectivity index (χ1n) is 7.45. The summed E-state index contributed by atoms with van der Waals surface area (Å²) < 4.78 is 15.5. The number of amides is 2. The Bertz CT molecular complexity index is 881. The van der Waals surface area contributed by atoms with Crippen LogP contribution in [0.15, 0.2) is 52.9 Å². The predicted octanol–water partition coefficient (Wildman–Crippen LogP) is 3.38. The highest BCUT2D eigenvalue weighted by atomic mass is 32.2. The molecule has 0 radical (unpaired) electrons. The van der Waals surface area contributed by atoms with Crippen molar-refractivity contribution in [2.45, 2.75) is 10.8 Å². The van der Waals surface area contributed by atoms with Gasteiger partial charge in [-0.25, -0.2) is 9.37 Å². The highest BCUT2D eigenvalue weighted by Gasteiger charge is 2.12. The molecular formula is C17H14FN3O2S2. The summed E-state index contributed by atoms with van der Waals surface area (Å²) in [5, 5.41) is 0. The zero-order valence-corrected chi connectivity index (χ0v) is 14.6. The molecule has 0 aliphatic rings. The van der Waals surface area contributed by atoms with Gasteiger partial charge in [0, 0.05) is 12.2 Å². The molecule has 2 aromatic carbocycles. The molecule has 3 rings (SSSR count). The zero-order valence-electron chi connectivity index (χ0n) is 13.0. The maximum absolute atomic E-state index is 13.5. The quantitative estimate of drug-likeness (QED) is 0.530. The van der Waals surface area contributed by atoms with Crippen molar-refractivity contribution in [3.8, 4) is 0 Å². The molecule has 0 aliphatic heterocycles. The predicted molar refractivity (Wildman–Crippen MR) is 97.0 cm³/mol. The number of hydrogen-bond donors (Lipinski definition) is 2. The smallest absolute Gasteiger partial charge is 0.272 e. The lowest BCUT2D eigenvalue weighted by atomic mass is 10.2. The number of para-hydroxylation sites is 1. The van der Waals surface area contributed by atoms with Gasteiger partial charge in [-0.15, -0.1) is 11.3 Å². The Morgan fingerprint density at radius 3 is 2.64 bits per heavy atom. The first-order valence-corrected chi connectivity index (χ1v) is 9.26. The summed E-state index contributed by atoms with van der Waals surface area (Å²) in [6, 6.07) is 13.4. The van der Waals surface area contributed by atoms with E-state index in [0.29, 0.717) is 5.75 Å².